The molecule has 8 heteroatoms. The lowest BCUT2D eigenvalue weighted by Crippen LogP contribution is -2.32. The van der Waals surface area contributed by atoms with E-state index in [2.05, 4.69) is 45.4 Å². The number of carbonyl (C=O) groups excluding carboxylic acids is 1. The van der Waals surface area contributed by atoms with Crippen molar-refractivity contribution >= 4 is 16.9 Å². The average Bonchev–Trinajstić information content (AvgIpc) is 3.47. The monoisotopic (exact) mass is 445 g/mol. The van der Waals surface area contributed by atoms with Crippen molar-refractivity contribution in [3.05, 3.63) is 59.6 Å². The molecule has 4 aromatic rings. The molecule has 0 spiro atoms. The van der Waals surface area contributed by atoms with Crippen LogP contribution in [0.25, 0.3) is 22.6 Å². The van der Waals surface area contributed by atoms with Crippen molar-refractivity contribution in [1.29, 1.82) is 0 Å². The zero-order valence-corrected chi connectivity index (χ0v) is 18.9. The molecule has 0 saturated heterocycles. The number of rotatable bonds is 6. The quantitative estimate of drug-likeness (QED) is 0.465. The SMILES string of the molecule is Cc1cc2occ(CC(=O)NCC3CCC(c4nnc(-c5cnccn5)o4)CC3)c2cc1C. The number of benzene rings is 1. The molecule has 0 bridgehead atoms. The number of aryl methyl sites for hydroxylation is 2. The van der Waals surface area contributed by atoms with Crippen molar-refractivity contribution in [2.45, 2.75) is 51.9 Å². The van der Waals surface area contributed by atoms with Gasteiger partial charge in [0.2, 0.25) is 11.8 Å². The van der Waals surface area contributed by atoms with Gasteiger partial charge < -0.3 is 14.2 Å². The molecule has 33 heavy (non-hydrogen) atoms. The van der Waals surface area contributed by atoms with Gasteiger partial charge in [-0.2, -0.15) is 0 Å². The fourth-order valence-electron chi connectivity index (χ4n) is 4.49. The van der Waals surface area contributed by atoms with Crippen molar-refractivity contribution in [1.82, 2.24) is 25.5 Å². The van der Waals surface area contributed by atoms with Gasteiger partial charge in [0.1, 0.15) is 11.3 Å². The van der Waals surface area contributed by atoms with Crippen LogP contribution in [-0.2, 0) is 11.2 Å². The molecular formula is C25H27N5O3. The van der Waals surface area contributed by atoms with Gasteiger partial charge in [-0.3, -0.25) is 9.78 Å². The zero-order valence-electron chi connectivity index (χ0n) is 18.9. The fraction of sp³-hybridized carbons (Fsp3) is 0.400. The van der Waals surface area contributed by atoms with Gasteiger partial charge in [-0.05, 0) is 68.7 Å². The zero-order chi connectivity index (χ0) is 22.8. The molecule has 1 N–H and O–H groups in total. The van der Waals surface area contributed by atoms with Gasteiger partial charge in [-0.25, -0.2) is 4.98 Å². The number of furan rings is 1. The van der Waals surface area contributed by atoms with E-state index in [1.165, 1.54) is 11.1 Å². The van der Waals surface area contributed by atoms with Crippen LogP contribution in [0.1, 0.15) is 54.2 Å². The molecule has 3 aromatic heterocycles. The minimum atomic E-state index is 0.0311. The van der Waals surface area contributed by atoms with Gasteiger partial charge in [0.15, 0.2) is 0 Å². The molecule has 1 aliphatic carbocycles. The molecule has 5 rings (SSSR count). The number of nitrogens with one attached hydrogen (secondary N) is 1. The number of fused-ring (bicyclic) bond motifs is 1. The summed E-state index contributed by atoms with van der Waals surface area (Å²) in [6.07, 6.45) is 10.8. The Balaban J connectivity index is 1.11. The standard InChI is InChI=1S/C25H27N5O3/c1-15-9-20-19(14-32-22(20)10-16(15)2)11-23(31)28-12-17-3-5-18(6-4-17)24-29-30-25(33-24)21-13-26-7-8-27-21/h7-10,13-14,17-18H,3-6,11-12H2,1-2H3,(H,28,31). The van der Waals surface area contributed by atoms with Gasteiger partial charge in [0.25, 0.3) is 5.89 Å². The first-order chi connectivity index (χ1) is 16.1. The van der Waals surface area contributed by atoms with Crippen molar-refractivity contribution < 1.29 is 13.6 Å². The summed E-state index contributed by atoms with van der Waals surface area (Å²) in [7, 11) is 0. The molecule has 170 valence electrons. The van der Waals surface area contributed by atoms with E-state index in [4.69, 9.17) is 8.83 Å². The molecule has 0 atom stereocenters. The Bertz CT molecular complexity index is 1260. The number of nitrogens with zero attached hydrogens (tertiary/aromatic N) is 4. The Labute approximate surface area is 191 Å². The van der Waals surface area contributed by atoms with Crippen LogP contribution < -0.4 is 5.32 Å². The second kappa shape index (κ2) is 9.13. The first kappa shape index (κ1) is 21.3. The minimum absolute atomic E-state index is 0.0311. The summed E-state index contributed by atoms with van der Waals surface area (Å²) in [5.41, 5.74) is 4.75. The number of hydrogen-bond donors (Lipinski definition) is 1. The van der Waals surface area contributed by atoms with E-state index < -0.39 is 0 Å². The lowest BCUT2D eigenvalue weighted by atomic mass is 9.82. The predicted molar refractivity (Wildman–Crippen MR) is 122 cm³/mol. The normalized spacial score (nSPS) is 18.5. The van der Waals surface area contributed by atoms with Crippen molar-refractivity contribution in [3.8, 4) is 11.6 Å². The summed E-state index contributed by atoms with van der Waals surface area (Å²) in [5, 5.41) is 12.5. The average molecular weight is 446 g/mol. The summed E-state index contributed by atoms with van der Waals surface area (Å²) in [6, 6.07) is 4.13. The maximum absolute atomic E-state index is 12.6. The molecule has 1 saturated carbocycles. The third-order valence-corrected chi connectivity index (χ3v) is 6.63. The van der Waals surface area contributed by atoms with E-state index in [1.54, 1.807) is 24.9 Å². The van der Waals surface area contributed by atoms with Crippen LogP contribution in [0.4, 0.5) is 0 Å². The first-order valence-corrected chi connectivity index (χ1v) is 11.4. The third-order valence-electron chi connectivity index (χ3n) is 6.63. The molecule has 1 aliphatic rings. The largest absolute Gasteiger partial charge is 0.464 e. The second-order valence-corrected chi connectivity index (χ2v) is 8.93. The lowest BCUT2D eigenvalue weighted by molar-refractivity contribution is -0.120. The van der Waals surface area contributed by atoms with E-state index in [1.807, 2.05) is 6.07 Å². The summed E-state index contributed by atoms with van der Waals surface area (Å²) >= 11 is 0. The van der Waals surface area contributed by atoms with Crippen LogP contribution >= 0.6 is 0 Å². The topological polar surface area (TPSA) is 107 Å². The van der Waals surface area contributed by atoms with E-state index >= 15 is 0 Å². The Morgan fingerprint density at radius 2 is 1.91 bits per heavy atom. The van der Waals surface area contributed by atoms with Gasteiger partial charge in [0.05, 0.1) is 18.9 Å². The van der Waals surface area contributed by atoms with Crippen LogP contribution in [0.3, 0.4) is 0 Å². The summed E-state index contributed by atoms with van der Waals surface area (Å²) in [4.78, 5) is 20.8. The first-order valence-electron chi connectivity index (χ1n) is 11.4. The minimum Gasteiger partial charge on any atom is -0.464 e. The maximum atomic E-state index is 12.6. The van der Waals surface area contributed by atoms with E-state index in [9.17, 15) is 4.79 Å². The van der Waals surface area contributed by atoms with Crippen molar-refractivity contribution in [3.63, 3.8) is 0 Å². The third kappa shape index (κ3) is 4.65. The molecule has 8 nitrogen and oxygen atoms in total. The van der Waals surface area contributed by atoms with E-state index in [0.717, 1.165) is 42.2 Å². The van der Waals surface area contributed by atoms with Gasteiger partial charge in [-0.1, -0.05) is 0 Å². The molecule has 3 heterocycles. The number of aromatic nitrogens is 4. The van der Waals surface area contributed by atoms with Crippen LogP contribution in [-0.4, -0.2) is 32.6 Å². The molecule has 1 aromatic carbocycles. The van der Waals surface area contributed by atoms with Gasteiger partial charge in [-0.15, -0.1) is 10.2 Å². The fourth-order valence-corrected chi connectivity index (χ4v) is 4.49. The van der Waals surface area contributed by atoms with Crippen molar-refractivity contribution in [2.75, 3.05) is 6.54 Å². The number of carbonyl (C=O) groups is 1. The molecular weight excluding hydrogens is 418 g/mol. The Kier molecular flexibility index (Phi) is 5.90. The summed E-state index contributed by atoms with van der Waals surface area (Å²) in [5.74, 6) is 1.81. The summed E-state index contributed by atoms with van der Waals surface area (Å²) < 4.78 is 11.5. The highest BCUT2D eigenvalue weighted by Crippen LogP contribution is 2.35. The van der Waals surface area contributed by atoms with E-state index in [-0.39, 0.29) is 11.8 Å². The molecule has 0 aliphatic heterocycles. The number of amides is 1. The molecule has 0 unspecified atom stereocenters. The van der Waals surface area contributed by atoms with Crippen molar-refractivity contribution in [2.24, 2.45) is 5.92 Å². The highest BCUT2D eigenvalue weighted by Gasteiger charge is 2.27. The Morgan fingerprint density at radius 1 is 1.09 bits per heavy atom. The van der Waals surface area contributed by atoms with Gasteiger partial charge in [0, 0.05) is 35.8 Å². The van der Waals surface area contributed by atoms with Crippen LogP contribution in [0.2, 0.25) is 0 Å². The van der Waals surface area contributed by atoms with Crippen LogP contribution in [0.5, 0.6) is 0 Å². The molecule has 0 radical (unpaired) electrons. The summed E-state index contributed by atoms with van der Waals surface area (Å²) in [6.45, 7) is 4.83. The Hall–Kier alpha value is -3.55. The maximum Gasteiger partial charge on any atom is 0.267 e. The van der Waals surface area contributed by atoms with E-state index in [0.29, 0.717) is 36.4 Å². The van der Waals surface area contributed by atoms with Crippen LogP contribution in [0, 0.1) is 19.8 Å². The molecule has 1 fully saturated rings. The second-order valence-electron chi connectivity index (χ2n) is 8.93. The van der Waals surface area contributed by atoms with Crippen LogP contribution in [0.15, 0.2) is 45.8 Å². The van der Waals surface area contributed by atoms with Gasteiger partial charge >= 0.3 is 0 Å². The molecule has 1 amide bonds. The number of hydrogen-bond acceptors (Lipinski definition) is 7. The Morgan fingerprint density at radius 3 is 2.70 bits per heavy atom. The predicted octanol–water partition coefficient (Wildman–Crippen LogP) is 4.52. The highest BCUT2D eigenvalue weighted by molar-refractivity contribution is 5.88. The highest BCUT2D eigenvalue weighted by atomic mass is 16.4. The smallest absolute Gasteiger partial charge is 0.267 e. The lowest BCUT2D eigenvalue weighted by Gasteiger charge is -2.26.